The van der Waals surface area contributed by atoms with E-state index in [1.807, 2.05) is 24.9 Å². The Balaban J connectivity index is 1.94. The number of aryl methyl sites for hydroxylation is 1. The van der Waals surface area contributed by atoms with Crippen molar-refractivity contribution in [1.29, 1.82) is 0 Å². The Labute approximate surface area is 95.8 Å². The van der Waals surface area contributed by atoms with Gasteiger partial charge in [-0.2, -0.15) is 0 Å². The number of ether oxygens (including phenoxy) is 1. The van der Waals surface area contributed by atoms with E-state index in [0.29, 0.717) is 0 Å². The van der Waals surface area contributed by atoms with Gasteiger partial charge < -0.3 is 15.0 Å². The molecule has 1 aromatic rings. The number of anilines is 1. The second kappa shape index (κ2) is 5.23. The standard InChI is InChI=1S/C11H18N4O/c1-9-3-4-13-11(14-9)15(2)8-10-7-12-5-6-16-10/h3-4,10,12H,5-8H2,1-2H3. The van der Waals surface area contributed by atoms with Crippen molar-refractivity contribution in [3.05, 3.63) is 18.0 Å². The Morgan fingerprint density at radius 2 is 2.50 bits per heavy atom. The molecule has 0 bridgehead atoms. The van der Waals surface area contributed by atoms with Gasteiger partial charge in [0.15, 0.2) is 0 Å². The maximum absolute atomic E-state index is 5.64. The average Bonchev–Trinajstić information content (AvgIpc) is 2.30. The molecule has 0 amide bonds. The summed E-state index contributed by atoms with van der Waals surface area (Å²) in [4.78, 5) is 10.7. The molecule has 0 aromatic carbocycles. The number of hydrogen-bond donors (Lipinski definition) is 1. The molecular formula is C11H18N4O. The van der Waals surface area contributed by atoms with Gasteiger partial charge in [-0.3, -0.25) is 0 Å². The summed E-state index contributed by atoms with van der Waals surface area (Å²) in [5, 5.41) is 3.31. The van der Waals surface area contributed by atoms with Crippen molar-refractivity contribution in [2.75, 3.05) is 38.2 Å². The van der Waals surface area contributed by atoms with Crippen LogP contribution in [0.5, 0.6) is 0 Å². The zero-order valence-corrected chi connectivity index (χ0v) is 9.81. The molecule has 5 heteroatoms. The lowest BCUT2D eigenvalue weighted by Crippen LogP contribution is -2.44. The first-order chi connectivity index (χ1) is 7.75. The monoisotopic (exact) mass is 222 g/mol. The van der Waals surface area contributed by atoms with Crippen molar-refractivity contribution >= 4 is 5.95 Å². The molecule has 1 N–H and O–H groups in total. The molecule has 2 rings (SSSR count). The Kier molecular flexibility index (Phi) is 3.69. The van der Waals surface area contributed by atoms with Gasteiger partial charge >= 0.3 is 0 Å². The third-order valence-electron chi connectivity index (χ3n) is 2.61. The van der Waals surface area contributed by atoms with Crippen molar-refractivity contribution in [1.82, 2.24) is 15.3 Å². The van der Waals surface area contributed by atoms with E-state index in [1.54, 1.807) is 6.20 Å². The van der Waals surface area contributed by atoms with Crippen molar-refractivity contribution < 1.29 is 4.74 Å². The highest BCUT2D eigenvalue weighted by molar-refractivity contribution is 5.28. The predicted molar refractivity (Wildman–Crippen MR) is 62.6 cm³/mol. The molecule has 0 radical (unpaired) electrons. The van der Waals surface area contributed by atoms with E-state index < -0.39 is 0 Å². The Morgan fingerprint density at radius 1 is 1.62 bits per heavy atom. The number of aromatic nitrogens is 2. The van der Waals surface area contributed by atoms with Gasteiger partial charge in [0.25, 0.3) is 0 Å². The van der Waals surface area contributed by atoms with Crippen LogP contribution in [-0.2, 0) is 4.74 Å². The molecule has 1 aliphatic rings. The van der Waals surface area contributed by atoms with Crippen LogP contribution in [0.2, 0.25) is 0 Å². The fraction of sp³-hybridized carbons (Fsp3) is 0.636. The molecule has 5 nitrogen and oxygen atoms in total. The molecule has 1 aromatic heterocycles. The lowest BCUT2D eigenvalue weighted by Gasteiger charge is -2.28. The first-order valence-corrected chi connectivity index (χ1v) is 5.59. The fourth-order valence-corrected chi connectivity index (χ4v) is 1.74. The van der Waals surface area contributed by atoms with Crippen molar-refractivity contribution in [2.45, 2.75) is 13.0 Å². The highest BCUT2D eigenvalue weighted by Gasteiger charge is 2.16. The second-order valence-corrected chi connectivity index (χ2v) is 4.08. The molecule has 1 aliphatic heterocycles. The topological polar surface area (TPSA) is 50.3 Å². The van der Waals surface area contributed by atoms with Crippen LogP contribution in [-0.4, -0.2) is 49.4 Å². The summed E-state index contributed by atoms with van der Waals surface area (Å²) in [6, 6.07) is 1.90. The van der Waals surface area contributed by atoms with Crippen molar-refractivity contribution in [3.63, 3.8) is 0 Å². The summed E-state index contributed by atoms with van der Waals surface area (Å²) in [7, 11) is 1.99. The van der Waals surface area contributed by atoms with E-state index >= 15 is 0 Å². The Hall–Kier alpha value is -1.20. The van der Waals surface area contributed by atoms with E-state index in [4.69, 9.17) is 4.74 Å². The van der Waals surface area contributed by atoms with E-state index in [1.165, 1.54) is 0 Å². The van der Waals surface area contributed by atoms with Gasteiger partial charge in [-0.15, -0.1) is 0 Å². The largest absolute Gasteiger partial charge is 0.374 e. The van der Waals surface area contributed by atoms with Crippen LogP contribution in [0.3, 0.4) is 0 Å². The predicted octanol–water partition coefficient (Wildman–Crippen LogP) is 0.210. The van der Waals surface area contributed by atoms with Gasteiger partial charge in [-0.1, -0.05) is 0 Å². The second-order valence-electron chi connectivity index (χ2n) is 4.08. The lowest BCUT2D eigenvalue weighted by molar-refractivity contribution is 0.0338. The van der Waals surface area contributed by atoms with Gasteiger partial charge in [0.1, 0.15) is 0 Å². The number of rotatable bonds is 3. The fourth-order valence-electron chi connectivity index (χ4n) is 1.74. The zero-order chi connectivity index (χ0) is 11.4. The van der Waals surface area contributed by atoms with Crippen LogP contribution in [0.1, 0.15) is 5.69 Å². The molecule has 1 fully saturated rings. The number of morpholine rings is 1. The van der Waals surface area contributed by atoms with Gasteiger partial charge in [-0.25, -0.2) is 9.97 Å². The van der Waals surface area contributed by atoms with Crippen LogP contribution < -0.4 is 10.2 Å². The molecule has 0 saturated carbocycles. The number of nitrogens with zero attached hydrogens (tertiary/aromatic N) is 3. The first kappa shape index (κ1) is 11.3. The van der Waals surface area contributed by atoms with E-state index in [-0.39, 0.29) is 6.10 Å². The van der Waals surface area contributed by atoms with Gasteiger partial charge in [0.05, 0.1) is 12.7 Å². The minimum atomic E-state index is 0.225. The molecule has 1 saturated heterocycles. The molecule has 0 aliphatic carbocycles. The number of likely N-dealkylation sites (N-methyl/N-ethyl adjacent to an activating group) is 1. The maximum Gasteiger partial charge on any atom is 0.225 e. The van der Waals surface area contributed by atoms with E-state index in [0.717, 1.165) is 37.9 Å². The summed E-state index contributed by atoms with van der Waals surface area (Å²) in [6.07, 6.45) is 2.01. The van der Waals surface area contributed by atoms with Crippen LogP contribution in [0.4, 0.5) is 5.95 Å². The summed E-state index contributed by atoms with van der Waals surface area (Å²) < 4.78 is 5.64. The Bertz CT molecular complexity index is 339. The highest BCUT2D eigenvalue weighted by Crippen LogP contribution is 2.07. The first-order valence-electron chi connectivity index (χ1n) is 5.59. The smallest absolute Gasteiger partial charge is 0.225 e. The summed E-state index contributed by atoms with van der Waals surface area (Å²) in [5.41, 5.74) is 0.986. The van der Waals surface area contributed by atoms with Crippen molar-refractivity contribution in [2.24, 2.45) is 0 Å². The maximum atomic E-state index is 5.64. The normalized spacial score (nSPS) is 20.8. The molecular weight excluding hydrogens is 204 g/mol. The quantitative estimate of drug-likeness (QED) is 0.792. The molecule has 88 valence electrons. The number of hydrogen-bond acceptors (Lipinski definition) is 5. The van der Waals surface area contributed by atoms with Gasteiger partial charge in [-0.05, 0) is 13.0 Å². The lowest BCUT2D eigenvalue weighted by atomic mass is 10.3. The molecule has 16 heavy (non-hydrogen) atoms. The third kappa shape index (κ3) is 2.90. The number of nitrogens with one attached hydrogen (secondary N) is 1. The van der Waals surface area contributed by atoms with Crippen LogP contribution >= 0.6 is 0 Å². The third-order valence-corrected chi connectivity index (χ3v) is 2.61. The zero-order valence-electron chi connectivity index (χ0n) is 9.81. The average molecular weight is 222 g/mol. The van der Waals surface area contributed by atoms with E-state index in [9.17, 15) is 0 Å². The van der Waals surface area contributed by atoms with Crippen molar-refractivity contribution in [3.8, 4) is 0 Å². The minimum absolute atomic E-state index is 0.225. The summed E-state index contributed by atoms with van der Waals surface area (Å²) in [6.45, 7) is 5.42. The van der Waals surface area contributed by atoms with Gasteiger partial charge in [0.2, 0.25) is 5.95 Å². The van der Waals surface area contributed by atoms with Crippen LogP contribution in [0.25, 0.3) is 0 Å². The molecule has 1 unspecified atom stereocenters. The van der Waals surface area contributed by atoms with Gasteiger partial charge in [0, 0.05) is 38.6 Å². The summed E-state index contributed by atoms with van der Waals surface area (Å²) >= 11 is 0. The van der Waals surface area contributed by atoms with Crippen LogP contribution in [0.15, 0.2) is 12.3 Å². The summed E-state index contributed by atoms with van der Waals surface area (Å²) in [5.74, 6) is 0.758. The Morgan fingerprint density at radius 3 is 3.19 bits per heavy atom. The highest BCUT2D eigenvalue weighted by atomic mass is 16.5. The van der Waals surface area contributed by atoms with Crippen LogP contribution in [0, 0.1) is 6.92 Å². The molecule has 1 atom stereocenters. The molecule has 2 heterocycles. The van der Waals surface area contributed by atoms with E-state index in [2.05, 4.69) is 15.3 Å². The molecule has 0 spiro atoms. The SMILES string of the molecule is Cc1ccnc(N(C)CC2CNCCO2)n1. The minimum Gasteiger partial charge on any atom is -0.374 e.